The van der Waals surface area contributed by atoms with Crippen molar-refractivity contribution < 1.29 is 19.1 Å². The minimum absolute atomic E-state index is 0.157. The van der Waals surface area contributed by atoms with Crippen molar-refractivity contribution in [2.24, 2.45) is 0 Å². The third-order valence-electron chi connectivity index (χ3n) is 2.39. The zero-order chi connectivity index (χ0) is 11.3. The van der Waals surface area contributed by atoms with Gasteiger partial charge in [-0.2, -0.15) is 0 Å². The van der Waals surface area contributed by atoms with E-state index in [1.54, 1.807) is 11.8 Å². The summed E-state index contributed by atoms with van der Waals surface area (Å²) in [6, 6.07) is -0.278. The highest BCUT2D eigenvalue weighted by atomic mass is 16.5. The van der Waals surface area contributed by atoms with E-state index in [-0.39, 0.29) is 24.5 Å². The molecule has 15 heavy (non-hydrogen) atoms. The first-order chi connectivity index (χ1) is 7.19. The molecule has 86 valence electrons. The van der Waals surface area contributed by atoms with Crippen molar-refractivity contribution in [2.75, 3.05) is 26.3 Å². The SMILES string of the molecule is CCOC(=O)CN(CC)C1CCOC1=O. The lowest BCUT2D eigenvalue weighted by atomic mass is 10.2. The van der Waals surface area contributed by atoms with Crippen LogP contribution in [-0.4, -0.2) is 49.2 Å². The van der Waals surface area contributed by atoms with Crippen molar-refractivity contribution in [3.63, 3.8) is 0 Å². The van der Waals surface area contributed by atoms with E-state index in [2.05, 4.69) is 0 Å². The van der Waals surface area contributed by atoms with E-state index >= 15 is 0 Å². The summed E-state index contributed by atoms with van der Waals surface area (Å²) < 4.78 is 9.69. The molecular weight excluding hydrogens is 198 g/mol. The standard InChI is InChI=1S/C10H17NO4/c1-3-11(7-9(12)14-4-2)8-5-6-15-10(8)13/h8H,3-7H2,1-2H3. The summed E-state index contributed by atoms with van der Waals surface area (Å²) in [6.07, 6.45) is 0.659. The second-order valence-corrected chi connectivity index (χ2v) is 3.34. The van der Waals surface area contributed by atoms with Gasteiger partial charge in [-0.3, -0.25) is 14.5 Å². The molecule has 0 N–H and O–H groups in total. The lowest BCUT2D eigenvalue weighted by Crippen LogP contribution is -2.42. The number of carbonyl (C=O) groups excluding carboxylic acids is 2. The number of hydrogen-bond acceptors (Lipinski definition) is 5. The summed E-state index contributed by atoms with van der Waals surface area (Å²) in [5.74, 6) is -0.528. The van der Waals surface area contributed by atoms with E-state index in [1.165, 1.54) is 0 Å². The molecule has 1 atom stereocenters. The van der Waals surface area contributed by atoms with Gasteiger partial charge in [-0.15, -0.1) is 0 Å². The number of ether oxygens (including phenoxy) is 2. The summed E-state index contributed by atoms with van der Waals surface area (Å²) in [5.41, 5.74) is 0. The largest absolute Gasteiger partial charge is 0.465 e. The average molecular weight is 215 g/mol. The molecule has 0 aromatic rings. The Morgan fingerprint density at radius 1 is 1.60 bits per heavy atom. The van der Waals surface area contributed by atoms with Gasteiger partial charge in [0.1, 0.15) is 6.04 Å². The van der Waals surface area contributed by atoms with Crippen LogP contribution in [0.5, 0.6) is 0 Å². The predicted octanol–water partition coefficient (Wildman–Crippen LogP) is 0.187. The quantitative estimate of drug-likeness (QED) is 0.613. The van der Waals surface area contributed by atoms with Gasteiger partial charge < -0.3 is 9.47 Å². The Morgan fingerprint density at radius 3 is 2.80 bits per heavy atom. The number of likely N-dealkylation sites (N-methyl/N-ethyl adjacent to an activating group) is 1. The van der Waals surface area contributed by atoms with Crippen LogP contribution in [0.4, 0.5) is 0 Å². The molecule has 1 unspecified atom stereocenters. The Kier molecular flexibility index (Phi) is 4.55. The Balaban J connectivity index is 2.47. The van der Waals surface area contributed by atoms with E-state index in [1.807, 2.05) is 6.92 Å². The second-order valence-electron chi connectivity index (χ2n) is 3.34. The first kappa shape index (κ1) is 12.0. The molecule has 0 spiro atoms. The molecule has 0 aliphatic carbocycles. The van der Waals surface area contributed by atoms with E-state index < -0.39 is 0 Å². The molecule has 1 heterocycles. The van der Waals surface area contributed by atoms with Crippen LogP contribution in [0.2, 0.25) is 0 Å². The molecule has 1 saturated heterocycles. The second kappa shape index (κ2) is 5.70. The van der Waals surface area contributed by atoms with Gasteiger partial charge in [0.15, 0.2) is 0 Å². The molecule has 1 fully saturated rings. The fraction of sp³-hybridized carbons (Fsp3) is 0.800. The number of cyclic esters (lactones) is 1. The first-order valence-electron chi connectivity index (χ1n) is 5.25. The summed E-state index contributed by atoms with van der Waals surface area (Å²) >= 11 is 0. The lowest BCUT2D eigenvalue weighted by Gasteiger charge is -2.22. The van der Waals surface area contributed by atoms with Crippen molar-refractivity contribution in [1.82, 2.24) is 4.90 Å². The molecule has 0 saturated carbocycles. The van der Waals surface area contributed by atoms with Crippen molar-refractivity contribution in [3.8, 4) is 0 Å². The fourth-order valence-electron chi connectivity index (χ4n) is 1.63. The van der Waals surface area contributed by atoms with Crippen LogP contribution >= 0.6 is 0 Å². The van der Waals surface area contributed by atoms with Crippen LogP contribution in [0, 0.1) is 0 Å². The zero-order valence-corrected chi connectivity index (χ0v) is 9.19. The highest BCUT2D eigenvalue weighted by Gasteiger charge is 2.32. The van der Waals surface area contributed by atoms with Crippen molar-refractivity contribution in [2.45, 2.75) is 26.3 Å². The Labute approximate surface area is 89.3 Å². The molecular formula is C10H17NO4. The average Bonchev–Trinajstić information content (AvgIpc) is 2.61. The maximum atomic E-state index is 11.3. The van der Waals surface area contributed by atoms with E-state index in [9.17, 15) is 9.59 Å². The maximum Gasteiger partial charge on any atom is 0.323 e. The maximum absolute atomic E-state index is 11.3. The monoisotopic (exact) mass is 215 g/mol. The van der Waals surface area contributed by atoms with Crippen molar-refractivity contribution in [1.29, 1.82) is 0 Å². The van der Waals surface area contributed by atoms with E-state index in [0.717, 1.165) is 0 Å². The van der Waals surface area contributed by atoms with Crippen LogP contribution in [0.1, 0.15) is 20.3 Å². The molecule has 1 aliphatic rings. The Morgan fingerprint density at radius 2 is 2.33 bits per heavy atom. The smallest absolute Gasteiger partial charge is 0.323 e. The molecule has 1 rings (SSSR count). The van der Waals surface area contributed by atoms with Gasteiger partial charge >= 0.3 is 11.9 Å². The van der Waals surface area contributed by atoms with Crippen LogP contribution in [0.25, 0.3) is 0 Å². The fourth-order valence-corrected chi connectivity index (χ4v) is 1.63. The van der Waals surface area contributed by atoms with Crippen LogP contribution in [-0.2, 0) is 19.1 Å². The zero-order valence-electron chi connectivity index (χ0n) is 9.19. The molecule has 0 bridgehead atoms. The Bertz CT molecular complexity index is 242. The lowest BCUT2D eigenvalue weighted by molar-refractivity contribution is -0.147. The van der Waals surface area contributed by atoms with Gasteiger partial charge in [-0.1, -0.05) is 6.92 Å². The van der Waals surface area contributed by atoms with Gasteiger partial charge in [-0.05, 0) is 13.5 Å². The molecule has 1 aliphatic heterocycles. The summed E-state index contributed by atoms with van der Waals surface area (Å²) in [7, 11) is 0. The van der Waals surface area contributed by atoms with E-state index in [4.69, 9.17) is 9.47 Å². The number of carbonyl (C=O) groups is 2. The molecule has 0 radical (unpaired) electrons. The summed E-state index contributed by atoms with van der Waals surface area (Å²) in [4.78, 5) is 24.3. The molecule has 5 nitrogen and oxygen atoms in total. The summed E-state index contributed by atoms with van der Waals surface area (Å²) in [5, 5.41) is 0. The van der Waals surface area contributed by atoms with Gasteiger partial charge in [0.2, 0.25) is 0 Å². The highest BCUT2D eigenvalue weighted by Crippen LogP contribution is 2.13. The minimum Gasteiger partial charge on any atom is -0.465 e. The minimum atomic E-state index is -0.293. The topological polar surface area (TPSA) is 55.8 Å². The van der Waals surface area contributed by atoms with Crippen molar-refractivity contribution >= 4 is 11.9 Å². The third kappa shape index (κ3) is 3.20. The van der Waals surface area contributed by atoms with Crippen LogP contribution in [0.3, 0.4) is 0 Å². The highest BCUT2D eigenvalue weighted by molar-refractivity contribution is 5.79. The number of rotatable bonds is 5. The molecule has 5 heteroatoms. The van der Waals surface area contributed by atoms with Gasteiger partial charge in [0.25, 0.3) is 0 Å². The molecule has 0 aromatic heterocycles. The third-order valence-corrected chi connectivity index (χ3v) is 2.39. The van der Waals surface area contributed by atoms with Gasteiger partial charge in [0, 0.05) is 6.42 Å². The number of hydrogen-bond donors (Lipinski definition) is 0. The number of esters is 2. The van der Waals surface area contributed by atoms with Crippen molar-refractivity contribution in [3.05, 3.63) is 0 Å². The van der Waals surface area contributed by atoms with E-state index in [0.29, 0.717) is 26.2 Å². The van der Waals surface area contributed by atoms with Crippen LogP contribution < -0.4 is 0 Å². The van der Waals surface area contributed by atoms with Gasteiger partial charge in [-0.25, -0.2) is 0 Å². The number of nitrogens with zero attached hydrogens (tertiary/aromatic N) is 1. The van der Waals surface area contributed by atoms with Crippen LogP contribution in [0.15, 0.2) is 0 Å². The molecule has 0 aromatic carbocycles. The Hall–Kier alpha value is -1.10. The summed E-state index contributed by atoms with van der Waals surface area (Å²) in [6.45, 7) is 5.28. The van der Waals surface area contributed by atoms with Gasteiger partial charge in [0.05, 0.1) is 19.8 Å². The first-order valence-corrected chi connectivity index (χ1v) is 5.25. The predicted molar refractivity (Wildman–Crippen MR) is 53.2 cm³/mol. The normalized spacial score (nSPS) is 20.5. The molecule has 0 amide bonds.